The number of hydrogen-bond acceptors (Lipinski definition) is 3. The van der Waals surface area contributed by atoms with Crippen molar-refractivity contribution in [3.63, 3.8) is 0 Å². The average molecular weight is 460 g/mol. The number of aromatic nitrogens is 1. The highest BCUT2D eigenvalue weighted by atomic mass is 15.4. The zero-order chi connectivity index (χ0) is 24.1. The third-order valence-corrected chi connectivity index (χ3v) is 7.37. The molecule has 0 bridgehead atoms. The normalized spacial score (nSPS) is 13.5. The quantitative estimate of drug-likeness (QED) is 0.238. The van der Waals surface area contributed by atoms with E-state index in [4.69, 9.17) is 5.84 Å². The van der Waals surface area contributed by atoms with Gasteiger partial charge in [-0.3, -0.25) is 4.98 Å². The van der Waals surface area contributed by atoms with Crippen LogP contribution < -0.4 is 5.84 Å². The van der Waals surface area contributed by atoms with Crippen LogP contribution in [0, 0.1) is 0 Å². The number of allylic oxidation sites excluding steroid dienone is 1. The number of hydrazine groups is 1. The van der Waals surface area contributed by atoms with E-state index in [0.717, 1.165) is 43.5 Å². The Kier molecular flexibility index (Phi) is 6.78. The van der Waals surface area contributed by atoms with Crippen molar-refractivity contribution in [1.82, 2.24) is 9.99 Å². The molecule has 1 aromatic heterocycles. The van der Waals surface area contributed by atoms with Crippen LogP contribution in [0.4, 0.5) is 0 Å². The van der Waals surface area contributed by atoms with E-state index in [-0.39, 0.29) is 5.41 Å². The second-order valence-corrected chi connectivity index (χ2v) is 9.45. The van der Waals surface area contributed by atoms with Gasteiger partial charge >= 0.3 is 0 Å². The summed E-state index contributed by atoms with van der Waals surface area (Å²) in [5, 5.41) is 1.87. The third-order valence-electron chi connectivity index (χ3n) is 7.37. The predicted molar refractivity (Wildman–Crippen MR) is 144 cm³/mol. The largest absolute Gasteiger partial charge is 0.314 e. The van der Waals surface area contributed by atoms with Crippen molar-refractivity contribution in [1.29, 1.82) is 0 Å². The lowest BCUT2D eigenvalue weighted by molar-refractivity contribution is 0.296. The molecule has 3 nitrogen and oxygen atoms in total. The molecular formula is C32H33N3. The molecule has 0 atom stereocenters. The number of nitrogens with two attached hydrogens (primary N) is 1. The van der Waals surface area contributed by atoms with Gasteiger partial charge in [-0.05, 0) is 65.6 Å². The molecule has 0 aliphatic heterocycles. The highest BCUT2D eigenvalue weighted by Gasteiger charge is 2.43. The summed E-state index contributed by atoms with van der Waals surface area (Å²) in [7, 11) is 0. The second-order valence-electron chi connectivity index (χ2n) is 9.45. The molecule has 2 N–H and O–H groups in total. The van der Waals surface area contributed by atoms with Gasteiger partial charge in [0.15, 0.2) is 0 Å². The highest BCUT2D eigenvalue weighted by Crippen LogP contribution is 2.49. The van der Waals surface area contributed by atoms with E-state index in [1.54, 1.807) is 0 Å². The summed E-state index contributed by atoms with van der Waals surface area (Å²) in [5.41, 5.74) is 8.41. The Balaban J connectivity index is 1.51. The summed E-state index contributed by atoms with van der Waals surface area (Å²) in [6.07, 6.45) is 6.58. The van der Waals surface area contributed by atoms with E-state index in [9.17, 15) is 0 Å². The first kappa shape index (κ1) is 23.1. The summed E-state index contributed by atoms with van der Waals surface area (Å²) in [5.74, 6) is 6.78. The van der Waals surface area contributed by atoms with E-state index in [1.807, 2.05) is 23.3 Å². The van der Waals surface area contributed by atoms with Crippen LogP contribution in [0.15, 0.2) is 116 Å². The van der Waals surface area contributed by atoms with Crippen LogP contribution in [0.1, 0.15) is 46.4 Å². The van der Waals surface area contributed by atoms with Crippen LogP contribution in [0.5, 0.6) is 0 Å². The minimum absolute atomic E-state index is 0.362. The Morgan fingerprint density at radius 2 is 1.43 bits per heavy atom. The molecule has 0 saturated heterocycles. The van der Waals surface area contributed by atoms with Crippen molar-refractivity contribution in [2.24, 2.45) is 5.84 Å². The number of hydrogen-bond donors (Lipinski definition) is 1. The molecule has 0 radical (unpaired) electrons. The molecule has 3 heteroatoms. The number of nitrogens with zero attached hydrogens (tertiary/aromatic N) is 2. The van der Waals surface area contributed by atoms with Gasteiger partial charge in [0, 0.05) is 30.6 Å². The molecule has 5 rings (SSSR count). The lowest BCUT2D eigenvalue weighted by Gasteiger charge is -2.45. The van der Waals surface area contributed by atoms with Gasteiger partial charge in [0.05, 0.1) is 5.41 Å². The van der Waals surface area contributed by atoms with Gasteiger partial charge < -0.3 is 5.01 Å². The Morgan fingerprint density at radius 1 is 0.800 bits per heavy atom. The Labute approximate surface area is 208 Å². The summed E-state index contributed by atoms with van der Waals surface area (Å²) in [6, 6.07) is 34.5. The fourth-order valence-electron chi connectivity index (χ4n) is 5.62. The van der Waals surface area contributed by atoms with Crippen molar-refractivity contribution in [3.8, 4) is 0 Å². The van der Waals surface area contributed by atoms with Crippen molar-refractivity contribution in [2.75, 3.05) is 6.54 Å². The number of pyridine rings is 1. The molecule has 0 saturated carbocycles. The molecule has 1 heterocycles. The highest BCUT2D eigenvalue weighted by molar-refractivity contribution is 5.58. The van der Waals surface area contributed by atoms with Crippen LogP contribution in [0.25, 0.3) is 0 Å². The van der Waals surface area contributed by atoms with Gasteiger partial charge in [-0.1, -0.05) is 91.5 Å². The Bertz CT molecular complexity index is 1230. The van der Waals surface area contributed by atoms with Gasteiger partial charge in [0.1, 0.15) is 0 Å². The summed E-state index contributed by atoms with van der Waals surface area (Å²) >= 11 is 0. The van der Waals surface area contributed by atoms with Gasteiger partial charge in [-0.25, -0.2) is 5.84 Å². The molecule has 0 amide bonds. The monoisotopic (exact) mass is 459 g/mol. The fraction of sp³-hybridized carbons (Fsp3) is 0.219. The molecule has 35 heavy (non-hydrogen) atoms. The minimum Gasteiger partial charge on any atom is -0.314 e. The average Bonchev–Trinajstić information content (AvgIpc) is 2.92. The van der Waals surface area contributed by atoms with E-state index >= 15 is 0 Å². The summed E-state index contributed by atoms with van der Waals surface area (Å²) in [6.45, 7) is 5.33. The van der Waals surface area contributed by atoms with E-state index in [0.29, 0.717) is 6.54 Å². The maximum atomic E-state index is 6.78. The van der Waals surface area contributed by atoms with Crippen LogP contribution in [-0.4, -0.2) is 16.5 Å². The van der Waals surface area contributed by atoms with Crippen LogP contribution in [0.2, 0.25) is 0 Å². The number of benzene rings is 3. The SMILES string of the molecule is C=C(N(N)CCc1ccccn1)C1(CCCc2ccccc2)c2ccccc2Cc2ccccc21. The lowest BCUT2D eigenvalue weighted by Crippen LogP contribution is -2.45. The molecule has 3 aromatic carbocycles. The molecule has 176 valence electrons. The Hall–Kier alpha value is -3.69. The Morgan fingerprint density at radius 3 is 2.09 bits per heavy atom. The van der Waals surface area contributed by atoms with Crippen LogP contribution >= 0.6 is 0 Å². The smallest absolute Gasteiger partial charge is 0.0614 e. The van der Waals surface area contributed by atoms with Crippen molar-refractivity contribution in [3.05, 3.63) is 149 Å². The van der Waals surface area contributed by atoms with Crippen LogP contribution in [-0.2, 0) is 24.7 Å². The zero-order valence-corrected chi connectivity index (χ0v) is 20.2. The zero-order valence-electron chi connectivity index (χ0n) is 20.2. The first-order valence-corrected chi connectivity index (χ1v) is 12.5. The van der Waals surface area contributed by atoms with Gasteiger partial charge in [-0.15, -0.1) is 0 Å². The van der Waals surface area contributed by atoms with Gasteiger partial charge in [0.25, 0.3) is 0 Å². The van der Waals surface area contributed by atoms with Crippen molar-refractivity contribution in [2.45, 2.75) is 37.5 Å². The number of fused-ring (bicyclic) bond motifs is 2. The first-order chi connectivity index (χ1) is 17.2. The minimum atomic E-state index is -0.362. The molecule has 0 fully saturated rings. The van der Waals surface area contributed by atoms with Gasteiger partial charge in [0.2, 0.25) is 0 Å². The van der Waals surface area contributed by atoms with Crippen LogP contribution in [0.3, 0.4) is 0 Å². The lowest BCUT2D eigenvalue weighted by atomic mass is 9.62. The topological polar surface area (TPSA) is 42.1 Å². The fourth-order valence-corrected chi connectivity index (χ4v) is 5.62. The van der Waals surface area contributed by atoms with E-state index in [2.05, 4.69) is 96.5 Å². The molecule has 0 unspecified atom stereocenters. The van der Waals surface area contributed by atoms with Gasteiger partial charge in [-0.2, -0.15) is 0 Å². The van der Waals surface area contributed by atoms with E-state index in [1.165, 1.54) is 27.8 Å². The maximum absolute atomic E-state index is 6.78. The number of aryl methyl sites for hydroxylation is 1. The molecule has 1 aliphatic rings. The second kappa shape index (κ2) is 10.3. The first-order valence-electron chi connectivity index (χ1n) is 12.5. The standard InChI is InChI=1S/C32H33N3/c1-25(35(33)23-20-29-17-9-10-22-34-29)32(21-11-14-26-12-3-2-4-13-26)30-18-7-5-15-27(30)24-28-16-6-8-19-31(28)32/h2-10,12-13,15-19,22H,1,11,14,20-21,23-24,33H2. The molecule has 0 spiro atoms. The molecule has 1 aliphatic carbocycles. The third kappa shape index (κ3) is 4.65. The van der Waals surface area contributed by atoms with E-state index < -0.39 is 0 Å². The number of rotatable bonds is 9. The predicted octanol–water partition coefficient (Wildman–Crippen LogP) is 6.23. The van der Waals surface area contributed by atoms with Crippen molar-refractivity contribution < 1.29 is 0 Å². The maximum Gasteiger partial charge on any atom is 0.0614 e. The summed E-state index contributed by atoms with van der Waals surface area (Å²) in [4.78, 5) is 4.48. The molecular weight excluding hydrogens is 426 g/mol. The molecule has 4 aromatic rings. The summed E-state index contributed by atoms with van der Waals surface area (Å²) < 4.78 is 0. The van der Waals surface area contributed by atoms with Crippen molar-refractivity contribution >= 4 is 0 Å².